The first-order chi connectivity index (χ1) is 13.8. The maximum atomic E-state index is 13.3. The highest BCUT2D eigenvalue weighted by molar-refractivity contribution is 5.77. The van der Waals surface area contributed by atoms with Crippen LogP contribution < -0.4 is 16.1 Å². The summed E-state index contributed by atoms with van der Waals surface area (Å²) in [6, 6.07) is 8.48. The van der Waals surface area contributed by atoms with Gasteiger partial charge in [0.05, 0.1) is 0 Å². The molecule has 3 aromatic rings. The number of anilines is 2. The van der Waals surface area contributed by atoms with Gasteiger partial charge in [-0.25, -0.2) is 4.79 Å². The van der Waals surface area contributed by atoms with Crippen LogP contribution >= 0.6 is 0 Å². The first-order valence-corrected chi connectivity index (χ1v) is 10.4. The topological polar surface area (TPSA) is 65.1 Å². The van der Waals surface area contributed by atoms with Crippen molar-refractivity contribution in [1.29, 1.82) is 0 Å². The van der Waals surface area contributed by atoms with Gasteiger partial charge in [-0.15, -0.1) is 0 Å². The molecule has 3 heterocycles. The third-order valence-electron chi connectivity index (χ3n) is 5.65. The van der Waals surface area contributed by atoms with Gasteiger partial charge in [0, 0.05) is 32.4 Å². The average molecular weight is 396 g/mol. The lowest BCUT2D eigenvalue weighted by Crippen LogP contribution is -2.41. The minimum Gasteiger partial charge on any atom is -0.312 e. The molecule has 0 aliphatic carbocycles. The highest BCUT2D eigenvalue weighted by atomic mass is 16.2. The molecular formula is C22H29N5O2. The summed E-state index contributed by atoms with van der Waals surface area (Å²) in [5, 5.41) is 0. The second kappa shape index (κ2) is 7.21. The van der Waals surface area contributed by atoms with Crippen LogP contribution in [0.15, 0.2) is 33.9 Å². The zero-order valence-electron chi connectivity index (χ0n) is 17.8. The maximum Gasteiger partial charge on any atom is 0.332 e. The van der Waals surface area contributed by atoms with Gasteiger partial charge in [0.2, 0.25) is 5.95 Å². The second-order valence-corrected chi connectivity index (χ2v) is 8.58. The van der Waals surface area contributed by atoms with E-state index in [2.05, 4.69) is 43.0 Å². The lowest BCUT2D eigenvalue weighted by Gasteiger charge is -2.33. The molecule has 1 atom stereocenters. The van der Waals surface area contributed by atoms with E-state index >= 15 is 0 Å². The molecule has 0 radical (unpaired) electrons. The minimum atomic E-state index is -0.307. The minimum absolute atomic E-state index is 0.203. The van der Waals surface area contributed by atoms with Gasteiger partial charge in [-0.1, -0.05) is 39.8 Å². The molecule has 0 N–H and O–H groups in total. The van der Waals surface area contributed by atoms with E-state index in [1.807, 2.05) is 18.4 Å². The predicted octanol–water partition coefficient (Wildman–Crippen LogP) is 2.90. The number of fused-ring (bicyclic) bond motifs is 3. The summed E-state index contributed by atoms with van der Waals surface area (Å²) >= 11 is 0. The van der Waals surface area contributed by atoms with Gasteiger partial charge in [-0.2, -0.15) is 4.98 Å². The van der Waals surface area contributed by atoms with Crippen molar-refractivity contribution in [3.8, 4) is 0 Å². The Morgan fingerprint density at radius 2 is 1.83 bits per heavy atom. The monoisotopic (exact) mass is 395 g/mol. The number of aryl methyl sites for hydroxylation is 2. The van der Waals surface area contributed by atoms with Crippen LogP contribution in [0.2, 0.25) is 0 Å². The zero-order valence-corrected chi connectivity index (χ0v) is 17.8. The van der Waals surface area contributed by atoms with E-state index < -0.39 is 0 Å². The quantitative estimate of drug-likeness (QED) is 0.681. The van der Waals surface area contributed by atoms with Gasteiger partial charge in [0.25, 0.3) is 5.56 Å². The van der Waals surface area contributed by atoms with Crippen molar-refractivity contribution in [2.75, 3.05) is 11.4 Å². The summed E-state index contributed by atoms with van der Waals surface area (Å²) in [4.78, 5) is 33.0. The summed E-state index contributed by atoms with van der Waals surface area (Å²) in [6.45, 7) is 10.3. The molecule has 0 saturated carbocycles. The molecule has 154 valence electrons. The molecule has 1 aliphatic heterocycles. The summed E-state index contributed by atoms with van der Waals surface area (Å²) in [6.07, 6.45) is 0.993. The van der Waals surface area contributed by atoms with Crippen LogP contribution in [-0.2, 0) is 26.6 Å². The van der Waals surface area contributed by atoms with E-state index in [4.69, 9.17) is 4.98 Å². The van der Waals surface area contributed by atoms with E-state index in [1.54, 1.807) is 7.05 Å². The molecule has 29 heavy (non-hydrogen) atoms. The molecule has 1 aliphatic rings. The Balaban J connectivity index is 1.95. The van der Waals surface area contributed by atoms with E-state index in [0.717, 1.165) is 24.6 Å². The molecule has 1 aromatic carbocycles. The van der Waals surface area contributed by atoms with Crippen LogP contribution in [0.5, 0.6) is 0 Å². The molecule has 4 rings (SSSR count). The van der Waals surface area contributed by atoms with Crippen LogP contribution in [-0.4, -0.2) is 25.2 Å². The molecular weight excluding hydrogens is 366 g/mol. The Bertz CT molecular complexity index is 1170. The van der Waals surface area contributed by atoms with Gasteiger partial charge in [-0.05, 0) is 36.0 Å². The number of imidazole rings is 1. The van der Waals surface area contributed by atoms with Crippen molar-refractivity contribution in [3.05, 3.63) is 50.7 Å². The largest absolute Gasteiger partial charge is 0.332 e. The van der Waals surface area contributed by atoms with E-state index in [9.17, 15) is 9.59 Å². The Kier molecular flexibility index (Phi) is 4.84. The molecule has 0 amide bonds. The molecule has 0 fully saturated rings. The van der Waals surface area contributed by atoms with Gasteiger partial charge in [-0.3, -0.25) is 13.9 Å². The zero-order chi connectivity index (χ0) is 20.9. The van der Waals surface area contributed by atoms with Crippen LogP contribution in [0, 0.1) is 11.8 Å². The number of aromatic nitrogens is 4. The van der Waals surface area contributed by atoms with Gasteiger partial charge in [0.1, 0.15) is 0 Å². The van der Waals surface area contributed by atoms with Crippen LogP contribution in [0.25, 0.3) is 11.2 Å². The maximum absolute atomic E-state index is 13.3. The van der Waals surface area contributed by atoms with E-state index in [0.29, 0.717) is 30.2 Å². The molecule has 0 spiro atoms. The third-order valence-corrected chi connectivity index (χ3v) is 5.65. The van der Waals surface area contributed by atoms with Gasteiger partial charge >= 0.3 is 5.69 Å². The summed E-state index contributed by atoms with van der Waals surface area (Å²) in [5.41, 5.74) is 2.76. The smallest absolute Gasteiger partial charge is 0.312 e. The fourth-order valence-corrected chi connectivity index (χ4v) is 4.16. The number of rotatable bonds is 4. The average Bonchev–Trinajstić information content (AvgIpc) is 3.08. The lowest BCUT2D eigenvalue weighted by molar-refractivity contribution is 0.454. The second-order valence-electron chi connectivity index (χ2n) is 8.58. The van der Waals surface area contributed by atoms with Crippen LogP contribution in [0.1, 0.15) is 33.3 Å². The predicted molar refractivity (Wildman–Crippen MR) is 116 cm³/mol. The lowest BCUT2D eigenvalue weighted by atomic mass is 10.1. The molecule has 2 aromatic heterocycles. The number of hydrogen-bond donors (Lipinski definition) is 0. The Labute approximate surface area is 170 Å². The Morgan fingerprint density at radius 1 is 1.14 bits per heavy atom. The Hall–Kier alpha value is -2.83. The number of hydrogen-bond acceptors (Lipinski definition) is 4. The molecule has 0 unspecified atom stereocenters. The normalized spacial score (nSPS) is 16.6. The third kappa shape index (κ3) is 3.18. The summed E-state index contributed by atoms with van der Waals surface area (Å²) in [7, 11) is 1.70. The molecule has 7 heteroatoms. The van der Waals surface area contributed by atoms with Gasteiger partial charge < -0.3 is 9.47 Å². The van der Waals surface area contributed by atoms with Crippen molar-refractivity contribution >= 4 is 22.8 Å². The summed E-state index contributed by atoms with van der Waals surface area (Å²) in [5.74, 6) is 1.28. The van der Waals surface area contributed by atoms with Crippen molar-refractivity contribution < 1.29 is 0 Å². The first kappa shape index (κ1) is 19.5. The molecule has 7 nitrogen and oxygen atoms in total. The fourth-order valence-electron chi connectivity index (χ4n) is 4.16. The highest BCUT2D eigenvalue weighted by Gasteiger charge is 2.29. The van der Waals surface area contributed by atoms with Gasteiger partial charge in [0.15, 0.2) is 11.2 Å². The number of benzene rings is 1. The Morgan fingerprint density at radius 3 is 2.45 bits per heavy atom. The van der Waals surface area contributed by atoms with Crippen molar-refractivity contribution in [2.24, 2.45) is 18.9 Å². The molecule has 0 bridgehead atoms. The number of nitrogens with zero attached hydrogens (tertiary/aromatic N) is 5. The summed E-state index contributed by atoms with van der Waals surface area (Å²) < 4.78 is 4.85. The van der Waals surface area contributed by atoms with E-state index in [-0.39, 0.29) is 17.2 Å². The van der Waals surface area contributed by atoms with Crippen molar-refractivity contribution in [1.82, 2.24) is 18.7 Å². The fraction of sp³-hybridized carbons (Fsp3) is 0.500. The van der Waals surface area contributed by atoms with Crippen molar-refractivity contribution in [3.63, 3.8) is 0 Å². The van der Waals surface area contributed by atoms with Crippen LogP contribution in [0.3, 0.4) is 0 Å². The first-order valence-electron chi connectivity index (χ1n) is 10.4. The van der Waals surface area contributed by atoms with E-state index in [1.165, 1.54) is 14.7 Å². The SMILES string of the molecule is CCc1ccc(N2C[C@H](C)Cn3c2nc2c3c(=O)n(CC(C)C)c(=O)n2C)cc1. The standard InChI is InChI=1S/C22H29N5O2/c1-6-16-7-9-17(10-8-16)25-12-15(4)13-26-18-19(23-21(25)26)24(5)22(29)27(20(18)28)11-14(2)3/h7-10,14-15H,6,11-13H2,1-5H3/t15-/m0/s1. The van der Waals surface area contributed by atoms with Crippen LogP contribution in [0.4, 0.5) is 11.6 Å². The molecule has 0 saturated heterocycles. The van der Waals surface area contributed by atoms with Crippen molar-refractivity contribution in [2.45, 2.75) is 47.2 Å². The highest BCUT2D eigenvalue weighted by Crippen LogP contribution is 2.32.